The number of anilines is 2. The van der Waals surface area contributed by atoms with Gasteiger partial charge in [-0.25, -0.2) is 0 Å². The molecule has 0 bridgehead atoms. The smallest absolute Gasteiger partial charge is 0.291 e. The summed E-state index contributed by atoms with van der Waals surface area (Å²) in [5, 5.41) is 6.11. The fraction of sp³-hybridized carbons (Fsp3) is 0.0435. The topological polar surface area (TPSA) is 84.5 Å². The first-order chi connectivity index (χ1) is 14.5. The van der Waals surface area contributed by atoms with E-state index in [1.165, 1.54) is 6.26 Å². The summed E-state index contributed by atoms with van der Waals surface area (Å²) < 4.78 is 10.8. The van der Waals surface area contributed by atoms with Crippen LogP contribution in [0.2, 0.25) is 5.02 Å². The maximum Gasteiger partial charge on any atom is 0.291 e. The number of hydrogen-bond donors (Lipinski definition) is 2. The third-order valence-electron chi connectivity index (χ3n) is 4.49. The number of carbonyl (C=O) groups excluding carboxylic acids is 2. The van der Waals surface area contributed by atoms with Crippen molar-refractivity contribution < 1.29 is 18.4 Å². The van der Waals surface area contributed by atoms with Crippen molar-refractivity contribution >= 4 is 34.8 Å². The fourth-order valence-corrected chi connectivity index (χ4v) is 3.12. The molecule has 4 aromatic rings. The van der Waals surface area contributed by atoms with Gasteiger partial charge in [0, 0.05) is 22.0 Å². The predicted molar refractivity (Wildman–Crippen MR) is 115 cm³/mol. The van der Waals surface area contributed by atoms with Gasteiger partial charge in [0.2, 0.25) is 0 Å². The van der Waals surface area contributed by atoms with Crippen LogP contribution in [0, 0.1) is 6.92 Å². The van der Waals surface area contributed by atoms with Gasteiger partial charge >= 0.3 is 0 Å². The molecule has 2 heterocycles. The van der Waals surface area contributed by atoms with E-state index in [0.717, 1.165) is 11.1 Å². The molecule has 2 aromatic carbocycles. The molecule has 2 amide bonds. The van der Waals surface area contributed by atoms with Crippen LogP contribution in [0.1, 0.15) is 26.7 Å². The Morgan fingerprint density at radius 1 is 0.833 bits per heavy atom. The lowest BCUT2D eigenvalue weighted by molar-refractivity contribution is 0.0990. The quantitative estimate of drug-likeness (QED) is 0.414. The first kappa shape index (κ1) is 19.5. The summed E-state index contributed by atoms with van der Waals surface area (Å²) in [6.45, 7) is 1.89. The first-order valence-electron chi connectivity index (χ1n) is 9.13. The molecule has 0 unspecified atom stereocenters. The Bertz CT molecular complexity index is 1210. The Hall–Kier alpha value is -3.77. The minimum absolute atomic E-state index is 0.161. The second-order valence-electron chi connectivity index (χ2n) is 6.54. The van der Waals surface area contributed by atoms with Gasteiger partial charge in [0.25, 0.3) is 11.8 Å². The zero-order valence-electron chi connectivity index (χ0n) is 15.9. The van der Waals surface area contributed by atoms with Gasteiger partial charge in [-0.15, -0.1) is 0 Å². The summed E-state index contributed by atoms with van der Waals surface area (Å²) in [6.07, 6.45) is 1.42. The molecule has 6 nitrogen and oxygen atoms in total. The Morgan fingerprint density at radius 3 is 2.23 bits per heavy atom. The molecular formula is C23H17ClN2O4. The summed E-state index contributed by atoms with van der Waals surface area (Å²) in [4.78, 5) is 24.7. The Morgan fingerprint density at radius 2 is 1.53 bits per heavy atom. The number of amides is 2. The van der Waals surface area contributed by atoms with Crippen molar-refractivity contribution in [1.82, 2.24) is 0 Å². The molecule has 0 spiro atoms. The van der Waals surface area contributed by atoms with Crippen molar-refractivity contribution in [2.75, 3.05) is 10.6 Å². The molecule has 7 heteroatoms. The lowest BCUT2D eigenvalue weighted by atomic mass is 10.1. The van der Waals surface area contributed by atoms with Gasteiger partial charge < -0.3 is 19.5 Å². The van der Waals surface area contributed by atoms with E-state index in [1.807, 2.05) is 19.1 Å². The van der Waals surface area contributed by atoms with Crippen LogP contribution in [0.25, 0.3) is 11.3 Å². The minimum Gasteiger partial charge on any atom is -0.459 e. The molecule has 0 aliphatic heterocycles. The summed E-state index contributed by atoms with van der Waals surface area (Å²) in [5.74, 6) is 0.129. The van der Waals surface area contributed by atoms with E-state index in [1.54, 1.807) is 54.6 Å². The standard InChI is InChI=1S/C23H17ClN2O4/c1-14-17(7-3-8-18(14)24)19-10-11-21(30-19)23(28)26-16-6-2-5-15(13-16)25-22(27)20-9-4-12-29-20/h2-13H,1H3,(H,25,27)(H,26,28). The van der Waals surface area contributed by atoms with E-state index in [2.05, 4.69) is 10.6 Å². The number of hydrogen-bond acceptors (Lipinski definition) is 4. The molecule has 30 heavy (non-hydrogen) atoms. The second kappa shape index (κ2) is 8.31. The Kier molecular flexibility index (Phi) is 5.41. The number of nitrogens with one attached hydrogen (secondary N) is 2. The molecule has 0 aliphatic rings. The molecule has 0 atom stereocenters. The van der Waals surface area contributed by atoms with Crippen molar-refractivity contribution in [1.29, 1.82) is 0 Å². The van der Waals surface area contributed by atoms with Crippen LogP contribution in [-0.2, 0) is 0 Å². The van der Waals surface area contributed by atoms with Crippen LogP contribution in [0.5, 0.6) is 0 Å². The monoisotopic (exact) mass is 420 g/mol. The first-order valence-corrected chi connectivity index (χ1v) is 9.50. The van der Waals surface area contributed by atoms with Crippen molar-refractivity contribution in [2.45, 2.75) is 6.92 Å². The SMILES string of the molecule is Cc1c(Cl)cccc1-c1ccc(C(=O)Nc2cccc(NC(=O)c3ccco3)c2)o1. The summed E-state index contributed by atoms with van der Waals surface area (Å²) in [7, 11) is 0. The van der Waals surface area contributed by atoms with Crippen molar-refractivity contribution in [3.05, 3.63) is 95.1 Å². The molecule has 0 radical (unpaired) electrons. The van der Waals surface area contributed by atoms with E-state index in [0.29, 0.717) is 22.2 Å². The molecule has 0 saturated heterocycles. The Labute approximate surface area is 177 Å². The molecule has 0 fully saturated rings. The molecule has 0 aliphatic carbocycles. The highest BCUT2D eigenvalue weighted by molar-refractivity contribution is 6.31. The maximum atomic E-state index is 12.6. The number of benzene rings is 2. The zero-order chi connectivity index (χ0) is 21.1. The third kappa shape index (κ3) is 4.14. The van der Waals surface area contributed by atoms with Crippen LogP contribution < -0.4 is 10.6 Å². The average molecular weight is 421 g/mol. The third-order valence-corrected chi connectivity index (χ3v) is 4.90. The summed E-state index contributed by atoms with van der Waals surface area (Å²) in [5.41, 5.74) is 2.72. The van der Waals surface area contributed by atoms with E-state index in [4.69, 9.17) is 20.4 Å². The molecule has 150 valence electrons. The van der Waals surface area contributed by atoms with Gasteiger partial charge in [-0.3, -0.25) is 9.59 Å². The van der Waals surface area contributed by atoms with Gasteiger partial charge in [0.05, 0.1) is 6.26 Å². The molecule has 4 rings (SSSR count). The van der Waals surface area contributed by atoms with E-state index >= 15 is 0 Å². The van der Waals surface area contributed by atoms with Crippen molar-refractivity contribution in [2.24, 2.45) is 0 Å². The molecule has 0 saturated carbocycles. The van der Waals surface area contributed by atoms with Crippen LogP contribution in [0.3, 0.4) is 0 Å². The van der Waals surface area contributed by atoms with Gasteiger partial charge in [-0.1, -0.05) is 29.8 Å². The normalized spacial score (nSPS) is 10.6. The highest BCUT2D eigenvalue weighted by Gasteiger charge is 2.15. The van der Waals surface area contributed by atoms with Crippen LogP contribution >= 0.6 is 11.6 Å². The van der Waals surface area contributed by atoms with Crippen molar-refractivity contribution in [3.8, 4) is 11.3 Å². The van der Waals surface area contributed by atoms with Crippen molar-refractivity contribution in [3.63, 3.8) is 0 Å². The minimum atomic E-state index is -0.407. The Balaban J connectivity index is 1.47. The molecule has 2 N–H and O–H groups in total. The lowest BCUT2D eigenvalue weighted by Gasteiger charge is -2.07. The number of furan rings is 2. The largest absolute Gasteiger partial charge is 0.459 e. The lowest BCUT2D eigenvalue weighted by Crippen LogP contribution is -2.13. The maximum absolute atomic E-state index is 12.6. The van der Waals surface area contributed by atoms with Gasteiger partial charge in [-0.2, -0.15) is 0 Å². The van der Waals surface area contributed by atoms with E-state index < -0.39 is 5.91 Å². The molecular weight excluding hydrogens is 404 g/mol. The average Bonchev–Trinajstić information content (AvgIpc) is 3.43. The van der Waals surface area contributed by atoms with Gasteiger partial charge in [-0.05, 0) is 61.0 Å². The highest BCUT2D eigenvalue weighted by atomic mass is 35.5. The van der Waals surface area contributed by atoms with Gasteiger partial charge in [0.1, 0.15) is 5.76 Å². The number of rotatable bonds is 5. The summed E-state index contributed by atoms with van der Waals surface area (Å²) in [6, 6.07) is 18.8. The number of carbonyl (C=O) groups is 2. The molecule has 2 aromatic heterocycles. The van der Waals surface area contributed by atoms with Gasteiger partial charge in [0.15, 0.2) is 11.5 Å². The zero-order valence-corrected chi connectivity index (χ0v) is 16.7. The van der Waals surface area contributed by atoms with Crippen LogP contribution in [0.15, 0.2) is 81.8 Å². The second-order valence-corrected chi connectivity index (χ2v) is 6.95. The van der Waals surface area contributed by atoms with E-state index in [-0.39, 0.29) is 17.4 Å². The van der Waals surface area contributed by atoms with Crippen LogP contribution in [0.4, 0.5) is 11.4 Å². The van der Waals surface area contributed by atoms with E-state index in [9.17, 15) is 9.59 Å². The predicted octanol–water partition coefficient (Wildman–Crippen LogP) is 6.01. The highest BCUT2D eigenvalue weighted by Crippen LogP contribution is 2.30. The fourth-order valence-electron chi connectivity index (χ4n) is 2.95. The van der Waals surface area contributed by atoms with Crippen LogP contribution in [-0.4, -0.2) is 11.8 Å². The number of halogens is 1. The summed E-state index contributed by atoms with van der Waals surface area (Å²) >= 11 is 6.17.